The molecule has 0 spiro atoms. The second-order valence-electron chi connectivity index (χ2n) is 4.34. The first-order valence-electron chi connectivity index (χ1n) is 6.12. The molecule has 1 unspecified atom stereocenters. The van der Waals surface area contributed by atoms with E-state index in [0.717, 1.165) is 5.56 Å². The highest BCUT2D eigenvalue weighted by Gasteiger charge is 2.18. The Labute approximate surface area is 123 Å². The Morgan fingerprint density at radius 3 is 2.60 bits per heavy atom. The van der Waals surface area contributed by atoms with Crippen LogP contribution in [0, 0.1) is 19.3 Å². The third-order valence-electron chi connectivity index (χ3n) is 2.58. The number of rotatable bonds is 7. The predicted octanol–water partition coefficient (Wildman–Crippen LogP) is 1.82. The van der Waals surface area contributed by atoms with Crippen molar-refractivity contribution >= 4 is 23.6 Å². The lowest BCUT2D eigenvalue weighted by atomic mass is 10.2. The summed E-state index contributed by atoms with van der Waals surface area (Å²) in [6, 6.07) is 7.05. The summed E-state index contributed by atoms with van der Waals surface area (Å²) in [5, 5.41) is 11.3. The number of aryl methyl sites for hydroxylation is 1. The summed E-state index contributed by atoms with van der Waals surface area (Å²) in [5.41, 5.74) is 2.32. The van der Waals surface area contributed by atoms with Crippen molar-refractivity contribution in [1.29, 1.82) is 0 Å². The quantitative estimate of drug-likeness (QED) is 0.752. The molecule has 1 amide bonds. The SMILES string of the molecule is C#CCC(NC(=O)CSCc1ccc(C)cc1)C(=O)O. The van der Waals surface area contributed by atoms with Crippen LogP contribution in [0.5, 0.6) is 0 Å². The molecule has 2 N–H and O–H groups in total. The third-order valence-corrected chi connectivity index (χ3v) is 3.58. The van der Waals surface area contributed by atoms with Crippen molar-refractivity contribution in [3.8, 4) is 12.3 Å². The molecule has 0 aliphatic rings. The number of nitrogens with one attached hydrogen (secondary N) is 1. The zero-order valence-corrected chi connectivity index (χ0v) is 12.1. The minimum absolute atomic E-state index is 0.0102. The maximum absolute atomic E-state index is 11.6. The van der Waals surface area contributed by atoms with Crippen LogP contribution in [0.4, 0.5) is 0 Å². The number of benzene rings is 1. The number of carboxylic acid groups (broad SMARTS) is 1. The van der Waals surface area contributed by atoms with Gasteiger partial charge in [-0.2, -0.15) is 0 Å². The topological polar surface area (TPSA) is 66.4 Å². The molecule has 0 aromatic heterocycles. The zero-order valence-electron chi connectivity index (χ0n) is 11.3. The molecule has 20 heavy (non-hydrogen) atoms. The largest absolute Gasteiger partial charge is 0.480 e. The van der Waals surface area contributed by atoms with Gasteiger partial charge in [0.1, 0.15) is 6.04 Å². The van der Waals surface area contributed by atoms with E-state index in [2.05, 4.69) is 11.2 Å². The van der Waals surface area contributed by atoms with Gasteiger partial charge in [0.2, 0.25) is 5.91 Å². The number of carbonyl (C=O) groups excluding carboxylic acids is 1. The van der Waals surface area contributed by atoms with E-state index in [1.807, 2.05) is 31.2 Å². The lowest BCUT2D eigenvalue weighted by Crippen LogP contribution is -2.41. The summed E-state index contributed by atoms with van der Waals surface area (Å²) in [5.74, 6) is 1.73. The van der Waals surface area contributed by atoms with E-state index in [9.17, 15) is 9.59 Å². The van der Waals surface area contributed by atoms with Crippen molar-refractivity contribution in [3.05, 3.63) is 35.4 Å². The van der Waals surface area contributed by atoms with Gasteiger partial charge in [0.25, 0.3) is 0 Å². The fourth-order valence-corrected chi connectivity index (χ4v) is 2.30. The van der Waals surface area contributed by atoms with E-state index >= 15 is 0 Å². The zero-order chi connectivity index (χ0) is 15.0. The molecule has 1 rings (SSSR count). The van der Waals surface area contributed by atoms with Crippen molar-refractivity contribution in [2.24, 2.45) is 0 Å². The molecule has 0 fully saturated rings. The van der Waals surface area contributed by atoms with Crippen molar-refractivity contribution < 1.29 is 14.7 Å². The van der Waals surface area contributed by atoms with Crippen molar-refractivity contribution in [2.75, 3.05) is 5.75 Å². The highest BCUT2D eigenvalue weighted by atomic mass is 32.2. The highest BCUT2D eigenvalue weighted by Crippen LogP contribution is 2.12. The van der Waals surface area contributed by atoms with Crippen LogP contribution in [-0.2, 0) is 15.3 Å². The minimum Gasteiger partial charge on any atom is -0.480 e. The van der Waals surface area contributed by atoms with Crippen LogP contribution in [0.1, 0.15) is 17.5 Å². The van der Waals surface area contributed by atoms with Gasteiger partial charge in [-0.1, -0.05) is 29.8 Å². The highest BCUT2D eigenvalue weighted by molar-refractivity contribution is 7.99. The van der Waals surface area contributed by atoms with E-state index in [0.29, 0.717) is 5.75 Å². The molecule has 1 atom stereocenters. The number of terminal acetylenes is 1. The number of hydrogen-bond donors (Lipinski definition) is 2. The Morgan fingerprint density at radius 2 is 2.05 bits per heavy atom. The molecule has 4 nitrogen and oxygen atoms in total. The molecule has 0 saturated heterocycles. The van der Waals surface area contributed by atoms with E-state index in [1.54, 1.807) is 0 Å². The molecular formula is C15H17NO3S. The van der Waals surface area contributed by atoms with Gasteiger partial charge >= 0.3 is 5.97 Å². The van der Waals surface area contributed by atoms with Gasteiger partial charge in [0.05, 0.1) is 5.75 Å². The lowest BCUT2D eigenvalue weighted by molar-refractivity contribution is -0.141. The second-order valence-corrected chi connectivity index (χ2v) is 5.33. The fourth-order valence-electron chi connectivity index (χ4n) is 1.50. The second kappa shape index (κ2) is 8.28. The van der Waals surface area contributed by atoms with Crippen LogP contribution in [0.15, 0.2) is 24.3 Å². The summed E-state index contributed by atoms with van der Waals surface area (Å²) < 4.78 is 0. The number of amides is 1. The third kappa shape index (κ3) is 5.81. The van der Waals surface area contributed by atoms with E-state index < -0.39 is 12.0 Å². The molecule has 1 aromatic carbocycles. The number of thioether (sulfide) groups is 1. The standard InChI is InChI=1S/C15H17NO3S/c1-3-4-13(15(18)19)16-14(17)10-20-9-12-7-5-11(2)6-8-12/h1,5-8,13H,4,9-10H2,2H3,(H,16,17)(H,18,19). The van der Waals surface area contributed by atoms with E-state index in [-0.39, 0.29) is 18.1 Å². The Kier molecular flexibility index (Phi) is 6.68. The maximum atomic E-state index is 11.6. The molecule has 0 saturated carbocycles. The van der Waals surface area contributed by atoms with Gasteiger partial charge in [0.15, 0.2) is 0 Å². The smallest absolute Gasteiger partial charge is 0.327 e. The first-order chi connectivity index (χ1) is 9.52. The molecule has 0 bridgehead atoms. The average molecular weight is 291 g/mol. The van der Waals surface area contributed by atoms with Gasteiger partial charge in [-0.05, 0) is 12.5 Å². The summed E-state index contributed by atoms with van der Waals surface area (Å²) >= 11 is 1.44. The predicted molar refractivity (Wildman–Crippen MR) is 80.4 cm³/mol. The Hall–Kier alpha value is -1.93. The monoisotopic (exact) mass is 291 g/mol. The van der Waals surface area contributed by atoms with Gasteiger partial charge in [-0.15, -0.1) is 24.1 Å². The van der Waals surface area contributed by atoms with Gasteiger partial charge in [-0.3, -0.25) is 4.79 Å². The van der Waals surface area contributed by atoms with Gasteiger partial charge in [-0.25, -0.2) is 4.79 Å². The molecule has 0 aliphatic heterocycles. The van der Waals surface area contributed by atoms with Crippen molar-refractivity contribution in [1.82, 2.24) is 5.32 Å². The Bertz CT molecular complexity index is 505. The molecule has 5 heteroatoms. The molecule has 106 valence electrons. The number of aliphatic carboxylic acids is 1. The molecule has 1 aromatic rings. The van der Waals surface area contributed by atoms with Crippen molar-refractivity contribution in [3.63, 3.8) is 0 Å². The van der Waals surface area contributed by atoms with Crippen LogP contribution in [0.2, 0.25) is 0 Å². The van der Waals surface area contributed by atoms with Crippen LogP contribution >= 0.6 is 11.8 Å². The lowest BCUT2D eigenvalue weighted by Gasteiger charge is -2.11. The molecular weight excluding hydrogens is 274 g/mol. The first kappa shape index (κ1) is 16.1. The van der Waals surface area contributed by atoms with Crippen LogP contribution in [-0.4, -0.2) is 28.8 Å². The molecule has 0 radical (unpaired) electrons. The summed E-state index contributed by atoms with van der Waals surface area (Å²) in [4.78, 5) is 22.4. The summed E-state index contributed by atoms with van der Waals surface area (Å²) in [6.45, 7) is 2.02. The average Bonchev–Trinajstić information content (AvgIpc) is 2.40. The molecule has 0 aliphatic carbocycles. The molecule has 0 heterocycles. The summed E-state index contributed by atoms with van der Waals surface area (Å²) in [6.07, 6.45) is 5.05. The van der Waals surface area contributed by atoms with E-state index in [1.165, 1.54) is 17.3 Å². The number of carboxylic acids is 1. The Morgan fingerprint density at radius 1 is 1.40 bits per heavy atom. The van der Waals surface area contributed by atoms with Crippen molar-refractivity contribution in [2.45, 2.75) is 25.1 Å². The number of hydrogen-bond acceptors (Lipinski definition) is 3. The Balaban J connectivity index is 2.34. The minimum atomic E-state index is -1.11. The normalized spacial score (nSPS) is 11.4. The van der Waals surface area contributed by atoms with Gasteiger partial charge < -0.3 is 10.4 Å². The fraction of sp³-hybridized carbons (Fsp3) is 0.333. The number of carbonyl (C=O) groups is 2. The van der Waals surface area contributed by atoms with Crippen LogP contribution in [0.3, 0.4) is 0 Å². The van der Waals surface area contributed by atoms with Crippen LogP contribution < -0.4 is 5.32 Å². The van der Waals surface area contributed by atoms with Crippen LogP contribution in [0.25, 0.3) is 0 Å². The van der Waals surface area contributed by atoms with Gasteiger partial charge in [0, 0.05) is 12.2 Å². The first-order valence-corrected chi connectivity index (χ1v) is 7.27. The summed E-state index contributed by atoms with van der Waals surface area (Å²) in [7, 11) is 0. The maximum Gasteiger partial charge on any atom is 0.327 e. The van der Waals surface area contributed by atoms with E-state index in [4.69, 9.17) is 11.5 Å².